The van der Waals surface area contributed by atoms with Gasteiger partial charge >= 0.3 is 17.9 Å². The molecule has 1 unspecified atom stereocenters. The molecule has 0 spiro atoms. The Morgan fingerprint density at radius 3 is 2.14 bits per heavy atom. The number of phenolic OH excluding ortho intramolecular Hbond substituents is 1. The summed E-state index contributed by atoms with van der Waals surface area (Å²) in [5.41, 5.74) is 6.25. The summed E-state index contributed by atoms with van der Waals surface area (Å²) in [4.78, 5) is 39.2. The minimum atomic E-state index is -1.04. The number of nitrogens with zero attached hydrogens (tertiary/aromatic N) is 2. The van der Waals surface area contributed by atoms with E-state index in [0.717, 1.165) is 26.2 Å². The molecule has 1 heterocycles. The number of aromatic hydroxyl groups is 1. The Hall–Kier alpha value is -4.30. The van der Waals surface area contributed by atoms with Crippen LogP contribution in [-0.4, -0.2) is 44.3 Å². The summed E-state index contributed by atoms with van der Waals surface area (Å²) in [6.07, 6.45) is 0. The van der Waals surface area contributed by atoms with Crippen molar-refractivity contribution in [1.29, 1.82) is 5.26 Å². The second-order valence-corrected chi connectivity index (χ2v) is 7.91. The molecule has 0 saturated carbocycles. The van der Waals surface area contributed by atoms with Gasteiger partial charge in [-0.15, -0.1) is 0 Å². The maximum atomic E-state index is 13.1. The predicted octanol–water partition coefficient (Wildman–Crippen LogP) is 2.84. The molecule has 2 aromatic carbocycles. The molecule has 10 nitrogen and oxygen atoms in total. The summed E-state index contributed by atoms with van der Waals surface area (Å²) < 4.78 is 14.5. The van der Waals surface area contributed by atoms with E-state index in [2.05, 4.69) is 20.7 Å². The molecule has 180 valence electrons. The number of carbonyl (C=O) groups excluding carboxylic acids is 3. The lowest BCUT2D eigenvalue weighted by atomic mass is 9.81. The molecule has 11 heteroatoms. The lowest BCUT2D eigenvalue weighted by Crippen LogP contribution is -2.41. The lowest BCUT2D eigenvalue weighted by Gasteiger charge is -2.36. The summed E-state index contributed by atoms with van der Waals surface area (Å²) >= 11 is 3.21. The second-order valence-electron chi connectivity index (χ2n) is 7.12. The Morgan fingerprint density at radius 2 is 1.60 bits per heavy atom. The molecule has 0 saturated heterocycles. The van der Waals surface area contributed by atoms with Crippen molar-refractivity contribution < 1.29 is 33.7 Å². The highest BCUT2D eigenvalue weighted by Gasteiger charge is 2.43. The summed E-state index contributed by atoms with van der Waals surface area (Å²) in [6.45, 7) is 0. The quantitative estimate of drug-likeness (QED) is 0.426. The molecular weight excluding hydrogens is 522 g/mol. The number of carbonyl (C=O) groups is 3. The van der Waals surface area contributed by atoms with E-state index >= 15 is 0 Å². The molecule has 1 aliphatic heterocycles. The zero-order valence-electron chi connectivity index (χ0n) is 18.9. The number of nitriles is 1. The van der Waals surface area contributed by atoms with Crippen LogP contribution < -0.4 is 10.6 Å². The van der Waals surface area contributed by atoms with Crippen LogP contribution in [0.5, 0.6) is 5.75 Å². The highest BCUT2D eigenvalue weighted by molar-refractivity contribution is 9.10. The third-order valence-electron chi connectivity index (χ3n) is 5.35. The minimum Gasteiger partial charge on any atom is -0.506 e. The topological polar surface area (TPSA) is 152 Å². The maximum Gasteiger partial charge on any atom is 0.355 e. The van der Waals surface area contributed by atoms with Crippen LogP contribution >= 0.6 is 15.9 Å². The summed E-state index contributed by atoms with van der Waals surface area (Å²) in [6, 6.07) is 13.2. The van der Waals surface area contributed by atoms with E-state index in [1.807, 2.05) is 6.07 Å². The van der Waals surface area contributed by atoms with E-state index in [1.165, 1.54) is 12.1 Å². The van der Waals surface area contributed by atoms with Crippen LogP contribution in [0.25, 0.3) is 0 Å². The monoisotopic (exact) mass is 541 g/mol. The van der Waals surface area contributed by atoms with Crippen LogP contribution in [-0.2, 0) is 23.8 Å². The fraction of sp³-hybridized carbons (Fsp3) is 0.167. The Bertz CT molecular complexity index is 1310. The highest BCUT2D eigenvalue weighted by atomic mass is 79.9. The van der Waals surface area contributed by atoms with Crippen LogP contribution in [0.2, 0.25) is 0 Å². The normalized spacial score (nSPS) is 15.4. The van der Waals surface area contributed by atoms with Crippen LogP contribution in [0.1, 0.15) is 21.8 Å². The van der Waals surface area contributed by atoms with Gasteiger partial charge in [0.25, 0.3) is 0 Å². The number of halogens is 1. The molecule has 2 aromatic rings. The van der Waals surface area contributed by atoms with Crippen molar-refractivity contribution in [3.63, 3.8) is 0 Å². The van der Waals surface area contributed by atoms with E-state index < -0.39 is 29.6 Å². The highest BCUT2D eigenvalue weighted by Crippen LogP contribution is 2.46. The molecule has 0 fully saturated rings. The van der Waals surface area contributed by atoms with E-state index in [-0.39, 0.29) is 38.4 Å². The van der Waals surface area contributed by atoms with Gasteiger partial charge in [0.1, 0.15) is 22.8 Å². The van der Waals surface area contributed by atoms with Crippen molar-refractivity contribution in [2.75, 3.05) is 26.2 Å². The first-order chi connectivity index (χ1) is 16.7. The molecule has 0 amide bonds. The molecule has 35 heavy (non-hydrogen) atoms. The first kappa shape index (κ1) is 25.3. The minimum absolute atomic E-state index is 0.0484. The van der Waals surface area contributed by atoms with Crippen molar-refractivity contribution >= 4 is 39.5 Å². The standard InChI is InChI=1S/C24H20BrN3O7/c1-33-22(30)13-9-10-15(18(25)20(13)29)28-19(24(32)35-3)17(23(31)34-2)16(14(11-26)21(28)27)12-7-5-4-6-8-12/h4-10,16,29H,27H2,1-3H3. The number of allylic oxidation sites excluding steroid dienone is 1. The van der Waals surface area contributed by atoms with Gasteiger partial charge in [0.05, 0.1) is 54.6 Å². The number of ether oxygens (including phenoxy) is 3. The van der Waals surface area contributed by atoms with Gasteiger partial charge in [0.15, 0.2) is 0 Å². The molecule has 0 bridgehead atoms. The van der Waals surface area contributed by atoms with Crippen LogP contribution in [0.4, 0.5) is 5.69 Å². The van der Waals surface area contributed by atoms with Crippen LogP contribution in [0.15, 0.2) is 69.6 Å². The Balaban J connectivity index is 2.43. The number of methoxy groups -OCH3 is 3. The van der Waals surface area contributed by atoms with E-state index in [0.29, 0.717) is 5.56 Å². The predicted molar refractivity (Wildman–Crippen MR) is 127 cm³/mol. The second kappa shape index (κ2) is 10.3. The molecule has 0 aromatic heterocycles. The van der Waals surface area contributed by atoms with Crippen molar-refractivity contribution in [2.24, 2.45) is 5.73 Å². The fourth-order valence-electron chi connectivity index (χ4n) is 3.76. The largest absolute Gasteiger partial charge is 0.506 e. The summed E-state index contributed by atoms with van der Waals surface area (Å²) in [7, 11) is 3.41. The zero-order valence-corrected chi connectivity index (χ0v) is 20.5. The number of nitrogens with two attached hydrogens (primary N) is 1. The van der Waals surface area contributed by atoms with Crippen LogP contribution in [0, 0.1) is 11.3 Å². The molecule has 1 aliphatic rings. The number of esters is 3. The molecule has 0 radical (unpaired) electrons. The van der Waals surface area contributed by atoms with Gasteiger partial charge in [-0.05, 0) is 33.6 Å². The molecule has 3 N–H and O–H groups in total. The van der Waals surface area contributed by atoms with Gasteiger partial charge in [-0.2, -0.15) is 5.26 Å². The van der Waals surface area contributed by atoms with Crippen molar-refractivity contribution in [2.45, 2.75) is 5.92 Å². The molecule has 0 aliphatic carbocycles. The van der Waals surface area contributed by atoms with Gasteiger partial charge in [0.2, 0.25) is 0 Å². The lowest BCUT2D eigenvalue weighted by molar-refractivity contribution is -0.139. The fourth-order valence-corrected chi connectivity index (χ4v) is 4.29. The summed E-state index contributed by atoms with van der Waals surface area (Å²) in [5.74, 6) is -4.39. The zero-order chi connectivity index (χ0) is 25.9. The number of rotatable bonds is 5. The average molecular weight is 542 g/mol. The Labute approximate surface area is 208 Å². The van der Waals surface area contributed by atoms with Crippen molar-refractivity contribution in [1.82, 2.24) is 0 Å². The van der Waals surface area contributed by atoms with Gasteiger partial charge in [-0.25, -0.2) is 14.4 Å². The van der Waals surface area contributed by atoms with E-state index in [1.54, 1.807) is 30.3 Å². The average Bonchev–Trinajstić information content (AvgIpc) is 2.88. The van der Waals surface area contributed by atoms with Crippen LogP contribution in [0.3, 0.4) is 0 Å². The number of hydrogen-bond acceptors (Lipinski definition) is 10. The van der Waals surface area contributed by atoms with Gasteiger partial charge in [-0.1, -0.05) is 30.3 Å². The van der Waals surface area contributed by atoms with Gasteiger partial charge in [-0.3, -0.25) is 4.90 Å². The first-order valence-electron chi connectivity index (χ1n) is 9.98. The van der Waals surface area contributed by atoms with Crippen molar-refractivity contribution in [3.05, 3.63) is 80.7 Å². The third-order valence-corrected chi connectivity index (χ3v) is 6.13. The number of hydrogen-bond donors (Lipinski definition) is 2. The first-order valence-corrected chi connectivity index (χ1v) is 10.8. The number of benzene rings is 2. The molecule has 3 rings (SSSR count). The van der Waals surface area contributed by atoms with Crippen molar-refractivity contribution in [3.8, 4) is 11.8 Å². The number of anilines is 1. The van der Waals surface area contributed by atoms with E-state index in [9.17, 15) is 24.8 Å². The third kappa shape index (κ3) is 4.31. The molecular formula is C24H20BrN3O7. The van der Waals surface area contributed by atoms with E-state index in [4.69, 9.17) is 15.2 Å². The molecule has 1 atom stereocenters. The maximum absolute atomic E-state index is 13.1. The Kier molecular flexibility index (Phi) is 7.46. The number of phenols is 1. The Morgan fingerprint density at radius 1 is 1.00 bits per heavy atom. The SMILES string of the molecule is COC(=O)C1=C(C(=O)OC)N(c2ccc(C(=O)OC)c(O)c2Br)C(N)=C(C#N)C1c1ccccc1. The van der Waals surface area contributed by atoms with Gasteiger partial charge in [0, 0.05) is 0 Å². The van der Waals surface area contributed by atoms with Gasteiger partial charge < -0.3 is 25.1 Å². The smallest absolute Gasteiger partial charge is 0.355 e. The summed E-state index contributed by atoms with van der Waals surface area (Å²) in [5, 5.41) is 20.7.